The van der Waals surface area contributed by atoms with E-state index in [-0.39, 0.29) is 17.3 Å². The maximum absolute atomic E-state index is 14.1. The first-order valence-corrected chi connectivity index (χ1v) is 9.55. The number of alkyl halides is 3. The maximum atomic E-state index is 14.1. The van der Waals surface area contributed by atoms with Crippen LogP contribution < -0.4 is 10.6 Å². The van der Waals surface area contributed by atoms with Crippen LogP contribution in [0.5, 0.6) is 0 Å². The van der Waals surface area contributed by atoms with Crippen LogP contribution in [0, 0.1) is 5.82 Å². The molecular weight excluding hydrogens is 410 g/mol. The van der Waals surface area contributed by atoms with Crippen LogP contribution in [0.1, 0.15) is 49.4 Å². The van der Waals surface area contributed by atoms with E-state index in [1.807, 2.05) is 0 Å². The van der Waals surface area contributed by atoms with Gasteiger partial charge < -0.3 is 10.6 Å². The van der Waals surface area contributed by atoms with Gasteiger partial charge in [-0.3, -0.25) is 4.98 Å². The molecule has 0 saturated heterocycles. The molecule has 1 fully saturated rings. The summed E-state index contributed by atoms with van der Waals surface area (Å²) in [7, 11) is 0. The van der Waals surface area contributed by atoms with Gasteiger partial charge in [-0.15, -0.1) is 0 Å². The number of benzene rings is 1. The Morgan fingerprint density at radius 2 is 1.79 bits per heavy atom. The lowest BCUT2D eigenvalue weighted by Crippen LogP contribution is -2.51. The van der Waals surface area contributed by atoms with E-state index in [0.717, 1.165) is 37.8 Å². The summed E-state index contributed by atoms with van der Waals surface area (Å²) in [5.41, 5.74) is -2.52. The Bertz CT molecular complexity index is 882. The van der Waals surface area contributed by atoms with Crippen molar-refractivity contribution in [1.29, 1.82) is 0 Å². The Hall–Kier alpha value is -2.35. The average Bonchev–Trinajstić information content (AvgIpc) is 3.13. The zero-order valence-corrected chi connectivity index (χ0v) is 16.4. The molecule has 1 atom stereocenters. The van der Waals surface area contributed by atoms with Gasteiger partial charge in [0.05, 0.1) is 16.3 Å². The molecule has 2 aromatic rings. The fraction of sp³-hybridized carbons (Fsp3) is 0.400. The second kappa shape index (κ2) is 8.18. The van der Waals surface area contributed by atoms with Gasteiger partial charge in [0.15, 0.2) is 0 Å². The van der Waals surface area contributed by atoms with Gasteiger partial charge in [0.25, 0.3) is 0 Å². The molecule has 3 rings (SSSR count). The summed E-state index contributed by atoms with van der Waals surface area (Å²) >= 11 is 5.87. The molecule has 2 amide bonds. The first-order valence-electron chi connectivity index (χ1n) is 9.17. The van der Waals surface area contributed by atoms with Crippen molar-refractivity contribution in [2.24, 2.45) is 0 Å². The highest BCUT2D eigenvalue weighted by Crippen LogP contribution is 2.35. The van der Waals surface area contributed by atoms with Crippen molar-refractivity contribution in [2.75, 3.05) is 0 Å². The fourth-order valence-corrected chi connectivity index (χ4v) is 3.63. The molecular formula is C20H20ClF4N3O. The van der Waals surface area contributed by atoms with Crippen molar-refractivity contribution in [1.82, 2.24) is 15.6 Å². The Kier molecular flexibility index (Phi) is 6.03. The molecule has 29 heavy (non-hydrogen) atoms. The molecule has 156 valence electrons. The summed E-state index contributed by atoms with van der Waals surface area (Å²) in [5.74, 6) is -1.06. The molecule has 0 bridgehead atoms. The molecule has 1 aliphatic rings. The minimum Gasteiger partial charge on any atom is -0.335 e. The highest BCUT2D eigenvalue weighted by molar-refractivity contribution is 6.30. The van der Waals surface area contributed by atoms with E-state index >= 15 is 0 Å². The van der Waals surface area contributed by atoms with Crippen molar-refractivity contribution in [3.05, 3.63) is 64.2 Å². The molecule has 4 nitrogen and oxygen atoms in total. The van der Waals surface area contributed by atoms with Gasteiger partial charge in [0.2, 0.25) is 0 Å². The van der Waals surface area contributed by atoms with E-state index in [0.29, 0.717) is 11.1 Å². The van der Waals surface area contributed by atoms with E-state index in [4.69, 9.17) is 11.6 Å². The van der Waals surface area contributed by atoms with Crippen LogP contribution in [-0.4, -0.2) is 17.1 Å². The number of carbonyl (C=O) groups is 1. The smallest absolute Gasteiger partial charge is 0.335 e. The normalized spacial score (nSPS) is 17.0. The second-order valence-corrected chi connectivity index (χ2v) is 7.73. The summed E-state index contributed by atoms with van der Waals surface area (Å²) in [4.78, 5) is 16.8. The SMILES string of the molecule is CC(NC(=O)NC1CCCC1)(c1cc(F)cc(C(F)(F)F)c1)c1ccc(Cl)cn1. The summed E-state index contributed by atoms with van der Waals surface area (Å²) in [6.45, 7) is 1.48. The summed E-state index contributed by atoms with van der Waals surface area (Å²) in [5, 5.41) is 5.83. The number of urea groups is 1. The molecule has 0 spiro atoms. The second-order valence-electron chi connectivity index (χ2n) is 7.29. The largest absolute Gasteiger partial charge is 0.416 e. The first kappa shape index (κ1) is 21.4. The van der Waals surface area contributed by atoms with Gasteiger partial charge in [-0.1, -0.05) is 24.4 Å². The summed E-state index contributed by atoms with van der Waals surface area (Å²) < 4.78 is 53.7. The van der Waals surface area contributed by atoms with Gasteiger partial charge in [-0.2, -0.15) is 13.2 Å². The summed E-state index contributed by atoms with van der Waals surface area (Å²) in [6.07, 6.45) is 0.246. The number of nitrogens with zero attached hydrogens (tertiary/aromatic N) is 1. The number of rotatable bonds is 4. The number of amides is 2. The standard InChI is InChI=1S/C20H20ClF4N3O/c1-19(17-7-6-14(21)11-26-17,28-18(29)27-16-4-2-3-5-16)12-8-13(20(23,24)25)10-15(22)9-12/h6-11,16H,2-5H2,1H3,(H2,27,28,29). The van der Waals surface area contributed by atoms with Crippen LogP contribution >= 0.6 is 11.6 Å². The van der Waals surface area contributed by atoms with E-state index in [2.05, 4.69) is 15.6 Å². The highest BCUT2D eigenvalue weighted by atomic mass is 35.5. The zero-order valence-electron chi connectivity index (χ0n) is 15.6. The topological polar surface area (TPSA) is 54.0 Å². The van der Waals surface area contributed by atoms with Crippen LogP contribution in [0.3, 0.4) is 0 Å². The molecule has 0 aliphatic heterocycles. The third-order valence-electron chi connectivity index (χ3n) is 5.10. The molecule has 1 aromatic carbocycles. The maximum Gasteiger partial charge on any atom is 0.416 e. The number of nitrogens with one attached hydrogen (secondary N) is 2. The molecule has 9 heteroatoms. The van der Waals surface area contributed by atoms with Crippen LogP contribution in [0.4, 0.5) is 22.4 Å². The van der Waals surface area contributed by atoms with Crippen LogP contribution in [0.15, 0.2) is 36.5 Å². The van der Waals surface area contributed by atoms with E-state index in [9.17, 15) is 22.4 Å². The lowest BCUT2D eigenvalue weighted by Gasteiger charge is -2.32. The molecule has 0 radical (unpaired) electrons. The number of aromatic nitrogens is 1. The molecule has 2 N–H and O–H groups in total. The molecule has 1 saturated carbocycles. The lowest BCUT2D eigenvalue weighted by atomic mass is 9.87. The van der Waals surface area contributed by atoms with Gasteiger partial charge >= 0.3 is 12.2 Å². The van der Waals surface area contributed by atoms with E-state index in [1.165, 1.54) is 25.3 Å². The first-order chi connectivity index (χ1) is 13.6. The van der Waals surface area contributed by atoms with E-state index < -0.39 is 29.1 Å². The van der Waals surface area contributed by atoms with Gasteiger partial charge in [0, 0.05) is 12.2 Å². The van der Waals surface area contributed by atoms with Crippen LogP contribution in [0.25, 0.3) is 0 Å². The Morgan fingerprint density at radius 1 is 1.14 bits per heavy atom. The Morgan fingerprint density at radius 3 is 2.38 bits per heavy atom. The Balaban J connectivity index is 2.02. The number of pyridine rings is 1. The number of halogens is 5. The molecule has 1 heterocycles. The van der Waals surface area contributed by atoms with Crippen LogP contribution in [-0.2, 0) is 11.7 Å². The van der Waals surface area contributed by atoms with Crippen molar-refractivity contribution in [2.45, 2.75) is 50.4 Å². The third kappa shape index (κ3) is 4.98. The number of hydrogen-bond donors (Lipinski definition) is 2. The van der Waals surface area contributed by atoms with Gasteiger partial charge in [-0.05, 0) is 55.7 Å². The average molecular weight is 430 g/mol. The molecule has 1 aromatic heterocycles. The highest BCUT2D eigenvalue weighted by Gasteiger charge is 2.37. The van der Waals surface area contributed by atoms with Gasteiger partial charge in [0.1, 0.15) is 11.4 Å². The summed E-state index contributed by atoms with van der Waals surface area (Å²) in [6, 6.07) is 4.61. The number of hydrogen-bond acceptors (Lipinski definition) is 2. The van der Waals surface area contributed by atoms with Crippen LogP contribution in [0.2, 0.25) is 5.02 Å². The fourth-order valence-electron chi connectivity index (χ4n) is 3.52. The number of carbonyl (C=O) groups excluding carboxylic acids is 1. The Labute approximate surface area is 170 Å². The minimum atomic E-state index is -4.74. The van der Waals surface area contributed by atoms with Crippen molar-refractivity contribution in [3.63, 3.8) is 0 Å². The predicted molar refractivity (Wildman–Crippen MR) is 101 cm³/mol. The zero-order chi connectivity index (χ0) is 21.2. The molecule has 1 aliphatic carbocycles. The minimum absolute atomic E-state index is 0.00401. The van der Waals surface area contributed by atoms with Crippen molar-refractivity contribution < 1.29 is 22.4 Å². The monoisotopic (exact) mass is 429 g/mol. The lowest BCUT2D eigenvalue weighted by molar-refractivity contribution is -0.137. The quantitative estimate of drug-likeness (QED) is 0.639. The van der Waals surface area contributed by atoms with Crippen molar-refractivity contribution >= 4 is 17.6 Å². The van der Waals surface area contributed by atoms with E-state index in [1.54, 1.807) is 0 Å². The predicted octanol–water partition coefficient (Wildman–Crippen LogP) is 5.40. The van der Waals surface area contributed by atoms with Gasteiger partial charge in [-0.25, -0.2) is 9.18 Å². The third-order valence-corrected chi connectivity index (χ3v) is 5.32. The molecule has 1 unspecified atom stereocenters. The van der Waals surface area contributed by atoms with Crippen molar-refractivity contribution in [3.8, 4) is 0 Å².